The molecular weight excluding hydrogens is 374 g/mol. The summed E-state index contributed by atoms with van der Waals surface area (Å²) in [6.45, 7) is 0.361. The van der Waals surface area contributed by atoms with Gasteiger partial charge in [-0.1, -0.05) is 23.5 Å². The van der Waals surface area contributed by atoms with Crippen LogP contribution in [0.3, 0.4) is 0 Å². The van der Waals surface area contributed by atoms with Gasteiger partial charge in [0.25, 0.3) is 5.56 Å². The molecule has 0 aliphatic rings. The third kappa shape index (κ3) is 4.12. The summed E-state index contributed by atoms with van der Waals surface area (Å²) >= 11 is 1.44. The van der Waals surface area contributed by atoms with Crippen molar-refractivity contribution >= 4 is 32.6 Å². The van der Waals surface area contributed by atoms with E-state index in [1.807, 2.05) is 36.4 Å². The van der Waals surface area contributed by atoms with Crippen molar-refractivity contribution in [1.29, 1.82) is 0 Å². The summed E-state index contributed by atoms with van der Waals surface area (Å²) in [6.07, 6.45) is 4.16. The van der Waals surface area contributed by atoms with Crippen molar-refractivity contribution in [2.75, 3.05) is 5.32 Å². The minimum absolute atomic E-state index is 0.129. The zero-order valence-electron chi connectivity index (χ0n) is 14.9. The van der Waals surface area contributed by atoms with Crippen LogP contribution in [0.25, 0.3) is 21.5 Å². The summed E-state index contributed by atoms with van der Waals surface area (Å²) in [5, 5.41) is 7.78. The molecule has 0 bridgehead atoms. The van der Waals surface area contributed by atoms with Gasteiger partial charge in [0, 0.05) is 37.0 Å². The predicted octanol–water partition coefficient (Wildman–Crippen LogP) is 3.33. The number of rotatable bonds is 6. The Kier molecular flexibility index (Phi) is 5.20. The Balaban J connectivity index is 1.36. The number of nitrogens with zero attached hydrogens (tertiary/aromatic N) is 4. The van der Waals surface area contributed by atoms with Crippen LogP contribution in [0.1, 0.15) is 12.8 Å². The number of carbonyl (C=O) groups excluding carboxylic acids is 1. The molecule has 4 aromatic rings. The van der Waals surface area contributed by atoms with Crippen molar-refractivity contribution in [3.05, 3.63) is 71.3 Å². The lowest BCUT2D eigenvalue weighted by Crippen LogP contribution is -2.23. The van der Waals surface area contributed by atoms with Gasteiger partial charge in [-0.3, -0.25) is 14.6 Å². The number of para-hydroxylation sites is 1. The Morgan fingerprint density at radius 2 is 2.00 bits per heavy atom. The standard InChI is InChI=1S/C20H17N5O2S/c26-18(23-20-22-16-6-1-2-7-17(16)28-20)8-4-12-25-19(27)10-9-15(24-25)14-5-3-11-21-13-14/h1-3,5-7,9-11,13H,4,8,12H2,(H,22,23,26). The Hall–Kier alpha value is -3.39. The molecule has 1 N–H and O–H groups in total. The SMILES string of the molecule is O=C(CCCn1nc(-c2cccnc2)ccc1=O)Nc1nc2ccccc2s1. The smallest absolute Gasteiger partial charge is 0.266 e. The number of amides is 1. The molecule has 0 spiro atoms. The van der Waals surface area contributed by atoms with E-state index in [1.165, 1.54) is 22.1 Å². The average Bonchev–Trinajstić information content (AvgIpc) is 3.12. The monoisotopic (exact) mass is 391 g/mol. The predicted molar refractivity (Wildman–Crippen MR) is 109 cm³/mol. The van der Waals surface area contributed by atoms with Crippen LogP contribution in [-0.2, 0) is 11.3 Å². The van der Waals surface area contributed by atoms with Gasteiger partial charge in [0.15, 0.2) is 5.13 Å². The van der Waals surface area contributed by atoms with Crippen molar-refractivity contribution < 1.29 is 4.79 Å². The van der Waals surface area contributed by atoms with Gasteiger partial charge in [-0.15, -0.1) is 0 Å². The van der Waals surface area contributed by atoms with Gasteiger partial charge in [-0.2, -0.15) is 5.10 Å². The van der Waals surface area contributed by atoms with E-state index >= 15 is 0 Å². The highest BCUT2D eigenvalue weighted by Crippen LogP contribution is 2.25. The largest absolute Gasteiger partial charge is 0.302 e. The van der Waals surface area contributed by atoms with Crippen LogP contribution in [0.5, 0.6) is 0 Å². The molecule has 0 aliphatic heterocycles. The van der Waals surface area contributed by atoms with Gasteiger partial charge in [0.1, 0.15) is 0 Å². The number of hydrogen-bond donors (Lipinski definition) is 1. The molecular formula is C20H17N5O2S. The number of aromatic nitrogens is 4. The molecule has 3 aromatic heterocycles. The molecule has 0 atom stereocenters. The van der Waals surface area contributed by atoms with E-state index in [0.717, 1.165) is 15.8 Å². The van der Waals surface area contributed by atoms with E-state index in [1.54, 1.807) is 18.5 Å². The molecule has 8 heteroatoms. The Labute approximate surface area is 164 Å². The first-order valence-electron chi connectivity index (χ1n) is 8.83. The summed E-state index contributed by atoms with van der Waals surface area (Å²) in [6, 6.07) is 14.6. The van der Waals surface area contributed by atoms with Crippen LogP contribution < -0.4 is 10.9 Å². The van der Waals surface area contributed by atoms with E-state index < -0.39 is 0 Å². The second kappa shape index (κ2) is 8.10. The molecule has 0 radical (unpaired) electrons. The fourth-order valence-electron chi connectivity index (χ4n) is 2.77. The molecule has 1 aromatic carbocycles. The molecule has 0 fully saturated rings. The Bertz CT molecular complexity index is 1140. The second-order valence-corrected chi connectivity index (χ2v) is 7.19. The number of aryl methyl sites for hydroxylation is 1. The van der Waals surface area contributed by atoms with Crippen molar-refractivity contribution in [3.63, 3.8) is 0 Å². The first kappa shape index (κ1) is 18.0. The van der Waals surface area contributed by atoms with E-state index in [-0.39, 0.29) is 17.9 Å². The van der Waals surface area contributed by atoms with E-state index in [2.05, 4.69) is 20.4 Å². The van der Waals surface area contributed by atoms with E-state index in [9.17, 15) is 9.59 Å². The van der Waals surface area contributed by atoms with Gasteiger partial charge in [0.2, 0.25) is 5.91 Å². The number of hydrogen-bond acceptors (Lipinski definition) is 6. The van der Waals surface area contributed by atoms with Crippen LogP contribution in [0, 0.1) is 0 Å². The maximum atomic E-state index is 12.2. The van der Waals surface area contributed by atoms with Crippen molar-refractivity contribution in [3.8, 4) is 11.3 Å². The first-order chi connectivity index (χ1) is 13.7. The van der Waals surface area contributed by atoms with Crippen LogP contribution >= 0.6 is 11.3 Å². The quantitative estimate of drug-likeness (QED) is 0.544. The third-order valence-electron chi connectivity index (χ3n) is 4.14. The van der Waals surface area contributed by atoms with Crippen LogP contribution in [0.4, 0.5) is 5.13 Å². The topological polar surface area (TPSA) is 89.8 Å². The summed E-state index contributed by atoms with van der Waals surface area (Å²) < 4.78 is 2.41. The van der Waals surface area contributed by atoms with E-state index in [0.29, 0.717) is 23.8 Å². The number of pyridine rings is 1. The molecule has 0 saturated heterocycles. The fraction of sp³-hybridized carbons (Fsp3) is 0.150. The molecule has 140 valence electrons. The summed E-state index contributed by atoms with van der Waals surface area (Å²) in [5.74, 6) is -0.129. The molecule has 1 amide bonds. The Morgan fingerprint density at radius 1 is 1.11 bits per heavy atom. The van der Waals surface area contributed by atoms with Crippen LogP contribution in [0.2, 0.25) is 0 Å². The minimum Gasteiger partial charge on any atom is -0.302 e. The zero-order valence-corrected chi connectivity index (χ0v) is 15.7. The van der Waals surface area contributed by atoms with Crippen molar-refractivity contribution in [1.82, 2.24) is 19.7 Å². The lowest BCUT2D eigenvalue weighted by Gasteiger charge is -2.07. The van der Waals surface area contributed by atoms with Gasteiger partial charge >= 0.3 is 0 Å². The lowest BCUT2D eigenvalue weighted by molar-refractivity contribution is -0.116. The molecule has 28 heavy (non-hydrogen) atoms. The fourth-order valence-corrected chi connectivity index (χ4v) is 3.66. The maximum absolute atomic E-state index is 12.2. The number of anilines is 1. The second-order valence-electron chi connectivity index (χ2n) is 6.16. The summed E-state index contributed by atoms with van der Waals surface area (Å²) in [4.78, 5) is 32.7. The molecule has 0 unspecified atom stereocenters. The molecule has 0 saturated carbocycles. The number of fused-ring (bicyclic) bond motifs is 1. The lowest BCUT2D eigenvalue weighted by atomic mass is 10.2. The number of nitrogens with one attached hydrogen (secondary N) is 1. The third-order valence-corrected chi connectivity index (χ3v) is 5.09. The van der Waals surface area contributed by atoms with Crippen LogP contribution in [0.15, 0.2) is 65.7 Å². The van der Waals surface area contributed by atoms with Gasteiger partial charge in [-0.05, 0) is 36.8 Å². The highest BCUT2D eigenvalue weighted by molar-refractivity contribution is 7.22. The zero-order chi connectivity index (χ0) is 19.3. The van der Waals surface area contributed by atoms with Crippen molar-refractivity contribution in [2.24, 2.45) is 0 Å². The number of benzene rings is 1. The summed E-state index contributed by atoms with van der Waals surface area (Å²) in [7, 11) is 0. The molecule has 7 nitrogen and oxygen atoms in total. The summed E-state index contributed by atoms with van der Waals surface area (Å²) in [5.41, 5.74) is 2.18. The molecule has 0 aliphatic carbocycles. The Morgan fingerprint density at radius 3 is 2.82 bits per heavy atom. The van der Waals surface area contributed by atoms with E-state index in [4.69, 9.17) is 0 Å². The average molecular weight is 391 g/mol. The van der Waals surface area contributed by atoms with Gasteiger partial charge in [-0.25, -0.2) is 9.67 Å². The maximum Gasteiger partial charge on any atom is 0.266 e. The minimum atomic E-state index is -0.195. The van der Waals surface area contributed by atoms with Crippen molar-refractivity contribution in [2.45, 2.75) is 19.4 Å². The van der Waals surface area contributed by atoms with Gasteiger partial charge in [0.05, 0.1) is 15.9 Å². The first-order valence-corrected chi connectivity index (χ1v) is 9.65. The van der Waals surface area contributed by atoms with Crippen LogP contribution in [-0.4, -0.2) is 25.7 Å². The number of thiazole rings is 1. The number of carbonyl (C=O) groups is 1. The molecule has 4 rings (SSSR count). The normalized spacial score (nSPS) is 10.9. The molecule has 3 heterocycles. The highest BCUT2D eigenvalue weighted by atomic mass is 32.1. The van der Waals surface area contributed by atoms with Gasteiger partial charge < -0.3 is 5.32 Å². The highest BCUT2D eigenvalue weighted by Gasteiger charge is 2.09.